The van der Waals surface area contributed by atoms with Gasteiger partial charge in [-0.2, -0.15) is 0 Å². The minimum Gasteiger partial charge on any atom is -0.494 e. The van der Waals surface area contributed by atoms with Crippen LogP contribution in [-0.4, -0.2) is 88.3 Å². The van der Waals surface area contributed by atoms with Gasteiger partial charge >= 0.3 is 0 Å². The van der Waals surface area contributed by atoms with E-state index in [1.54, 1.807) is 26.9 Å². The Labute approximate surface area is 262 Å². The number of aliphatic hydroxyl groups is 1. The van der Waals surface area contributed by atoms with E-state index in [-0.39, 0.29) is 36.8 Å². The molecule has 242 valence electrons. The van der Waals surface area contributed by atoms with Crippen molar-refractivity contribution in [2.75, 3.05) is 37.7 Å². The zero-order valence-electron chi connectivity index (χ0n) is 27.4. The first kappa shape index (κ1) is 33.7. The lowest BCUT2D eigenvalue weighted by Gasteiger charge is -2.42. The minimum absolute atomic E-state index is 0.0697. The van der Waals surface area contributed by atoms with Gasteiger partial charge in [-0.15, -0.1) is 13.2 Å². The molecule has 3 saturated heterocycles. The van der Waals surface area contributed by atoms with E-state index < -0.39 is 34.6 Å². The highest BCUT2D eigenvalue weighted by Crippen LogP contribution is 2.65. The number of carbonyl (C=O) groups is 3. The van der Waals surface area contributed by atoms with Crippen LogP contribution in [-0.2, 0) is 19.1 Å². The molecule has 4 rings (SSSR count). The maximum atomic E-state index is 14.7. The third kappa shape index (κ3) is 5.69. The van der Waals surface area contributed by atoms with Gasteiger partial charge < -0.3 is 29.3 Å². The van der Waals surface area contributed by atoms with E-state index in [0.29, 0.717) is 50.4 Å². The van der Waals surface area contributed by atoms with E-state index in [2.05, 4.69) is 20.1 Å². The van der Waals surface area contributed by atoms with Crippen LogP contribution in [0.25, 0.3) is 0 Å². The summed E-state index contributed by atoms with van der Waals surface area (Å²) in [6.45, 7) is 21.1. The van der Waals surface area contributed by atoms with Crippen molar-refractivity contribution in [2.24, 2.45) is 17.8 Å². The molecule has 3 amide bonds. The molecule has 9 nitrogen and oxygen atoms in total. The molecule has 3 unspecified atom stereocenters. The number of aliphatic hydroxyl groups excluding tert-OH is 1. The fourth-order valence-electron chi connectivity index (χ4n) is 7.68. The lowest BCUT2D eigenvalue weighted by Crippen LogP contribution is -2.60. The standard InChI is InChI=1S/C35H51N3O6/c1-9-19-36(25-15-17-26(18-16-25)43-11-3)30(40)27-28-31(41)37(21-13-12-14-22-39)29(32(42)38(20-10-2)33(5,6)7)35(28)23-24(4)34(27,8)44-35/h9-10,15-18,24,27-29,39H,1-2,11-14,19-23H2,3-8H3/t24?,27-,28-,29?,34+,35?/m0/s1. The lowest BCUT2D eigenvalue weighted by atomic mass is 9.62. The number of carbonyl (C=O) groups excluding carboxylic acids is 3. The van der Waals surface area contributed by atoms with Gasteiger partial charge in [0.05, 0.1) is 24.0 Å². The largest absolute Gasteiger partial charge is 0.494 e. The molecule has 0 saturated carbocycles. The molecule has 0 radical (unpaired) electrons. The number of rotatable bonds is 14. The van der Waals surface area contributed by atoms with Crippen molar-refractivity contribution in [2.45, 2.75) is 90.0 Å². The van der Waals surface area contributed by atoms with E-state index in [1.807, 2.05) is 58.9 Å². The number of hydrogen-bond acceptors (Lipinski definition) is 6. The number of amides is 3. The van der Waals surface area contributed by atoms with Crippen LogP contribution in [0.5, 0.6) is 5.75 Å². The molecule has 0 aromatic heterocycles. The van der Waals surface area contributed by atoms with Crippen LogP contribution in [0.4, 0.5) is 5.69 Å². The molecule has 3 heterocycles. The van der Waals surface area contributed by atoms with Crippen LogP contribution >= 0.6 is 0 Å². The highest BCUT2D eigenvalue weighted by Gasteiger charge is 2.80. The van der Waals surface area contributed by atoms with Gasteiger partial charge in [0, 0.05) is 37.5 Å². The Morgan fingerprint density at radius 1 is 1.11 bits per heavy atom. The molecule has 1 spiro atoms. The first-order valence-electron chi connectivity index (χ1n) is 16.0. The van der Waals surface area contributed by atoms with Gasteiger partial charge in [0.1, 0.15) is 17.4 Å². The van der Waals surface area contributed by atoms with Gasteiger partial charge in [0.25, 0.3) is 0 Å². The Morgan fingerprint density at radius 2 is 1.77 bits per heavy atom. The monoisotopic (exact) mass is 609 g/mol. The molecule has 1 N–H and O–H groups in total. The number of hydrogen-bond donors (Lipinski definition) is 1. The molecule has 1 aromatic rings. The zero-order chi connectivity index (χ0) is 32.4. The Hall–Kier alpha value is -3.17. The number of anilines is 1. The Balaban J connectivity index is 1.80. The van der Waals surface area contributed by atoms with E-state index in [9.17, 15) is 19.5 Å². The summed E-state index contributed by atoms with van der Waals surface area (Å²) < 4.78 is 12.6. The van der Waals surface area contributed by atoms with Crippen LogP contribution in [0.2, 0.25) is 0 Å². The maximum absolute atomic E-state index is 14.7. The highest BCUT2D eigenvalue weighted by molar-refractivity contribution is 6.03. The van der Waals surface area contributed by atoms with Gasteiger partial charge in [-0.1, -0.05) is 19.1 Å². The Morgan fingerprint density at radius 3 is 2.34 bits per heavy atom. The molecule has 3 aliphatic heterocycles. The van der Waals surface area contributed by atoms with Crippen LogP contribution in [0.1, 0.15) is 67.2 Å². The summed E-state index contributed by atoms with van der Waals surface area (Å²) in [5.41, 5.74) is -1.92. The predicted octanol–water partition coefficient (Wildman–Crippen LogP) is 4.59. The van der Waals surface area contributed by atoms with Crippen LogP contribution in [0, 0.1) is 17.8 Å². The normalized spacial score (nSPS) is 29.0. The lowest BCUT2D eigenvalue weighted by molar-refractivity contribution is -0.155. The highest BCUT2D eigenvalue weighted by atomic mass is 16.5. The summed E-state index contributed by atoms with van der Waals surface area (Å²) in [5.74, 6) is -1.56. The fourth-order valence-corrected chi connectivity index (χ4v) is 7.68. The van der Waals surface area contributed by atoms with Crippen LogP contribution < -0.4 is 9.64 Å². The summed E-state index contributed by atoms with van der Waals surface area (Å²) in [5, 5.41) is 9.35. The van der Waals surface area contributed by atoms with Crippen LogP contribution in [0.3, 0.4) is 0 Å². The molecule has 0 aliphatic carbocycles. The maximum Gasteiger partial charge on any atom is 0.249 e. The molecule has 9 heteroatoms. The molecule has 1 aromatic carbocycles. The number of unbranched alkanes of at least 4 members (excludes halogenated alkanes) is 2. The third-order valence-electron chi connectivity index (χ3n) is 9.80. The van der Waals surface area contributed by atoms with Crippen LogP contribution in [0.15, 0.2) is 49.6 Å². The fraction of sp³-hybridized carbons (Fsp3) is 0.629. The average molecular weight is 610 g/mol. The summed E-state index contributed by atoms with van der Waals surface area (Å²) in [6, 6.07) is 6.47. The van der Waals surface area contributed by atoms with Crippen molar-refractivity contribution in [1.29, 1.82) is 0 Å². The van der Waals surface area contributed by atoms with E-state index in [1.165, 1.54) is 0 Å². The first-order valence-corrected chi connectivity index (χ1v) is 16.0. The molecular formula is C35H51N3O6. The number of ether oxygens (including phenoxy) is 2. The third-order valence-corrected chi connectivity index (χ3v) is 9.80. The number of fused-ring (bicyclic) bond motifs is 1. The number of nitrogens with zero attached hydrogens (tertiary/aromatic N) is 3. The number of benzene rings is 1. The van der Waals surface area contributed by atoms with E-state index in [4.69, 9.17) is 9.47 Å². The molecule has 44 heavy (non-hydrogen) atoms. The topological polar surface area (TPSA) is 99.6 Å². The SMILES string of the molecule is C=CCN(C(=O)[C@@H]1[C@H]2C(=O)N(CCCCCO)C(C(=O)N(CC=C)C(C)(C)C)C23CC(C)[C@@]1(C)O3)c1ccc(OCC)cc1. The van der Waals surface area contributed by atoms with Crippen molar-refractivity contribution in [3.63, 3.8) is 0 Å². The second-order valence-corrected chi connectivity index (χ2v) is 13.6. The number of likely N-dealkylation sites (tertiary alicyclic amines) is 1. The van der Waals surface area contributed by atoms with E-state index >= 15 is 0 Å². The summed E-state index contributed by atoms with van der Waals surface area (Å²) in [7, 11) is 0. The molecule has 2 bridgehead atoms. The van der Waals surface area contributed by atoms with Gasteiger partial charge in [-0.3, -0.25) is 14.4 Å². The Kier molecular flexibility index (Phi) is 10.0. The van der Waals surface area contributed by atoms with Gasteiger partial charge in [0.15, 0.2) is 0 Å². The molecule has 3 aliphatic rings. The minimum atomic E-state index is -1.14. The molecule has 6 atom stereocenters. The van der Waals surface area contributed by atoms with Crippen molar-refractivity contribution < 1.29 is 29.0 Å². The molecule has 3 fully saturated rings. The first-order chi connectivity index (χ1) is 20.8. The smallest absolute Gasteiger partial charge is 0.249 e. The average Bonchev–Trinajstić information content (AvgIpc) is 3.48. The van der Waals surface area contributed by atoms with Gasteiger partial charge in [-0.05, 0) is 90.5 Å². The van der Waals surface area contributed by atoms with Crippen molar-refractivity contribution >= 4 is 23.4 Å². The van der Waals surface area contributed by atoms with Gasteiger partial charge in [0.2, 0.25) is 17.7 Å². The summed E-state index contributed by atoms with van der Waals surface area (Å²) in [4.78, 5) is 49.0. The predicted molar refractivity (Wildman–Crippen MR) is 171 cm³/mol. The second-order valence-electron chi connectivity index (χ2n) is 13.6. The summed E-state index contributed by atoms with van der Waals surface area (Å²) in [6.07, 6.45) is 5.85. The van der Waals surface area contributed by atoms with E-state index in [0.717, 1.165) is 6.42 Å². The Bertz CT molecular complexity index is 1240. The van der Waals surface area contributed by atoms with Crippen molar-refractivity contribution in [1.82, 2.24) is 9.80 Å². The summed E-state index contributed by atoms with van der Waals surface area (Å²) >= 11 is 0. The quantitative estimate of drug-likeness (QED) is 0.245. The van der Waals surface area contributed by atoms with Crippen molar-refractivity contribution in [3.8, 4) is 5.75 Å². The zero-order valence-corrected chi connectivity index (χ0v) is 27.4. The molecular weight excluding hydrogens is 558 g/mol. The van der Waals surface area contributed by atoms with Gasteiger partial charge in [-0.25, -0.2) is 0 Å². The second kappa shape index (κ2) is 13.1. The van der Waals surface area contributed by atoms with Crippen molar-refractivity contribution in [3.05, 3.63) is 49.6 Å².